The van der Waals surface area contributed by atoms with Crippen LogP contribution in [0, 0.1) is 10.1 Å². The number of rotatable bonds is 3. The van der Waals surface area contributed by atoms with Gasteiger partial charge in [-0.05, 0) is 25.3 Å². The van der Waals surface area contributed by atoms with Crippen LogP contribution in [-0.2, 0) is 10.3 Å². The molecule has 0 radical (unpaired) electrons. The van der Waals surface area contributed by atoms with E-state index in [1.54, 1.807) is 0 Å². The molecule has 0 bridgehead atoms. The van der Waals surface area contributed by atoms with Gasteiger partial charge in [0.1, 0.15) is 0 Å². The van der Waals surface area contributed by atoms with Crippen LogP contribution in [0.15, 0.2) is 18.2 Å². The number of esters is 1. The van der Waals surface area contributed by atoms with Crippen molar-refractivity contribution in [2.45, 2.75) is 24.8 Å². The summed E-state index contributed by atoms with van der Waals surface area (Å²) < 4.78 is 4.66. The number of nitrogens with zero attached hydrogens (tertiary/aromatic N) is 1. The molecular formula is C12H14N2O4. The maximum atomic E-state index is 11.7. The summed E-state index contributed by atoms with van der Waals surface area (Å²) in [6.45, 7) is 0. The summed E-state index contributed by atoms with van der Waals surface area (Å²) in [5.74, 6) is -0.592. The third-order valence-corrected chi connectivity index (χ3v) is 3.39. The molecule has 6 nitrogen and oxygen atoms in total. The van der Waals surface area contributed by atoms with Gasteiger partial charge in [-0.2, -0.15) is 0 Å². The summed E-state index contributed by atoms with van der Waals surface area (Å²) in [6, 6.07) is 4.35. The summed E-state index contributed by atoms with van der Waals surface area (Å²) in [7, 11) is 1.24. The molecule has 0 atom stereocenters. The van der Waals surface area contributed by atoms with Crippen molar-refractivity contribution in [3.05, 3.63) is 39.4 Å². The summed E-state index contributed by atoms with van der Waals surface area (Å²) in [5, 5.41) is 11.1. The molecule has 1 fully saturated rings. The molecule has 6 heteroatoms. The Labute approximate surface area is 104 Å². The van der Waals surface area contributed by atoms with Crippen LogP contribution >= 0.6 is 0 Å². The maximum absolute atomic E-state index is 11.7. The second kappa shape index (κ2) is 4.38. The lowest BCUT2D eigenvalue weighted by Crippen LogP contribution is -2.45. The zero-order valence-electron chi connectivity index (χ0n) is 10.0. The molecule has 0 aliphatic heterocycles. The molecule has 0 spiro atoms. The predicted octanol–water partition coefficient (Wildman–Crippen LogP) is 1.72. The molecule has 0 saturated heterocycles. The van der Waals surface area contributed by atoms with Crippen molar-refractivity contribution in [1.29, 1.82) is 0 Å². The van der Waals surface area contributed by atoms with Crippen LogP contribution in [0.25, 0.3) is 0 Å². The van der Waals surface area contributed by atoms with Crippen molar-refractivity contribution in [2.24, 2.45) is 5.73 Å². The van der Waals surface area contributed by atoms with Gasteiger partial charge in [-0.15, -0.1) is 0 Å². The molecule has 2 rings (SSSR count). The minimum absolute atomic E-state index is 0.111. The summed E-state index contributed by atoms with van der Waals surface area (Å²) >= 11 is 0. The van der Waals surface area contributed by atoms with Crippen molar-refractivity contribution in [3.8, 4) is 0 Å². The Kier molecular flexibility index (Phi) is 3.04. The number of ether oxygens (including phenoxy) is 1. The zero-order chi connectivity index (χ0) is 13.3. The molecule has 1 aliphatic carbocycles. The van der Waals surface area contributed by atoms with Crippen molar-refractivity contribution in [2.75, 3.05) is 7.11 Å². The van der Waals surface area contributed by atoms with E-state index in [-0.39, 0.29) is 11.3 Å². The van der Waals surface area contributed by atoms with E-state index in [9.17, 15) is 14.9 Å². The van der Waals surface area contributed by atoms with Gasteiger partial charge in [0, 0.05) is 11.6 Å². The number of methoxy groups -OCH3 is 1. The molecule has 18 heavy (non-hydrogen) atoms. The maximum Gasteiger partial charge on any atom is 0.338 e. The van der Waals surface area contributed by atoms with Gasteiger partial charge in [0.2, 0.25) is 0 Å². The number of carbonyl (C=O) groups excluding carboxylic acids is 1. The normalized spacial score (nSPS) is 16.8. The first-order chi connectivity index (χ1) is 8.49. The average molecular weight is 250 g/mol. The topological polar surface area (TPSA) is 95.5 Å². The molecule has 1 aromatic rings. The number of carbonyl (C=O) groups is 1. The Hall–Kier alpha value is -1.95. The largest absolute Gasteiger partial charge is 0.465 e. The summed E-state index contributed by atoms with van der Waals surface area (Å²) in [5.41, 5.74) is 5.74. The molecule has 1 saturated carbocycles. The molecule has 1 aromatic carbocycles. The monoisotopic (exact) mass is 250 g/mol. The van der Waals surface area contributed by atoms with E-state index < -0.39 is 16.4 Å². The van der Waals surface area contributed by atoms with Crippen LogP contribution in [0.4, 0.5) is 5.69 Å². The number of nitro groups is 1. The Balaban J connectivity index is 2.63. The van der Waals surface area contributed by atoms with E-state index in [1.165, 1.54) is 25.3 Å². The second-order valence-electron chi connectivity index (χ2n) is 4.46. The lowest BCUT2D eigenvalue weighted by atomic mass is 9.70. The first kappa shape index (κ1) is 12.5. The highest BCUT2D eigenvalue weighted by atomic mass is 16.6. The summed E-state index contributed by atoms with van der Waals surface area (Å²) in [4.78, 5) is 22.3. The number of hydrogen-bond acceptors (Lipinski definition) is 5. The highest BCUT2D eigenvalue weighted by Crippen LogP contribution is 2.44. The van der Waals surface area contributed by atoms with Crippen LogP contribution < -0.4 is 5.73 Å². The fraction of sp³-hybridized carbons (Fsp3) is 0.417. The minimum Gasteiger partial charge on any atom is -0.465 e. The minimum atomic E-state index is -0.785. The summed E-state index contributed by atoms with van der Waals surface area (Å²) in [6.07, 6.45) is 2.19. The molecule has 1 aliphatic rings. The highest BCUT2D eigenvalue weighted by molar-refractivity contribution is 5.92. The number of benzene rings is 1. The number of hydrogen-bond donors (Lipinski definition) is 1. The van der Waals surface area contributed by atoms with Gasteiger partial charge in [0.05, 0.1) is 23.2 Å². The van der Waals surface area contributed by atoms with Crippen molar-refractivity contribution in [3.63, 3.8) is 0 Å². The Morgan fingerprint density at radius 3 is 2.61 bits per heavy atom. The van der Waals surface area contributed by atoms with Crippen LogP contribution in [0.3, 0.4) is 0 Å². The van der Waals surface area contributed by atoms with E-state index in [0.717, 1.165) is 6.42 Å². The molecular weight excluding hydrogens is 236 g/mol. The van der Waals surface area contributed by atoms with Crippen molar-refractivity contribution >= 4 is 11.7 Å². The van der Waals surface area contributed by atoms with E-state index in [4.69, 9.17) is 5.73 Å². The quantitative estimate of drug-likeness (QED) is 0.500. The van der Waals surface area contributed by atoms with E-state index in [2.05, 4.69) is 4.74 Å². The molecule has 0 aromatic heterocycles. The Bertz CT molecular complexity index is 509. The number of nitrogens with two attached hydrogens (primary N) is 1. The fourth-order valence-corrected chi connectivity index (χ4v) is 2.30. The Morgan fingerprint density at radius 2 is 2.17 bits per heavy atom. The first-order valence-electron chi connectivity index (χ1n) is 5.65. The molecule has 0 heterocycles. The van der Waals surface area contributed by atoms with Gasteiger partial charge in [-0.1, -0.05) is 6.07 Å². The molecule has 2 N–H and O–H groups in total. The van der Waals surface area contributed by atoms with Crippen LogP contribution in [0.5, 0.6) is 0 Å². The first-order valence-corrected chi connectivity index (χ1v) is 5.65. The lowest BCUT2D eigenvalue weighted by molar-refractivity contribution is -0.386. The van der Waals surface area contributed by atoms with Gasteiger partial charge < -0.3 is 10.5 Å². The van der Waals surface area contributed by atoms with Gasteiger partial charge in [0.15, 0.2) is 0 Å². The van der Waals surface area contributed by atoms with Crippen LogP contribution in [0.2, 0.25) is 0 Å². The smallest absolute Gasteiger partial charge is 0.338 e. The number of nitro benzene ring substituents is 1. The van der Waals surface area contributed by atoms with Crippen LogP contribution in [-0.4, -0.2) is 18.0 Å². The van der Waals surface area contributed by atoms with Gasteiger partial charge in [-0.3, -0.25) is 10.1 Å². The zero-order valence-corrected chi connectivity index (χ0v) is 10.0. The standard InChI is InChI=1S/C12H14N2O4/c1-18-11(15)8-4-2-5-9(14(16)17)10(8)12(13)6-3-7-12/h2,4-5H,3,6-7,13H2,1H3. The van der Waals surface area contributed by atoms with E-state index >= 15 is 0 Å². The van der Waals surface area contributed by atoms with Gasteiger partial charge in [0.25, 0.3) is 5.69 Å². The fourth-order valence-electron chi connectivity index (χ4n) is 2.30. The van der Waals surface area contributed by atoms with Crippen LogP contribution in [0.1, 0.15) is 35.2 Å². The van der Waals surface area contributed by atoms with Crippen molar-refractivity contribution in [1.82, 2.24) is 0 Å². The lowest BCUT2D eigenvalue weighted by Gasteiger charge is -2.38. The van der Waals surface area contributed by atoms with E-state index in [1.807, 2.05) is 0 Å². The predicted molar refractivity (Wildman–Crippen MR) is 64.2 cm³/mol. The van der Waals surface area contributed by atoms with Crippen molar-refractivity contribution < 1.29 is 14.5 Å². The molecule has 0 amide bonds. The molecule has 0 unspecified atom stereocenters. The average Bonchev–Trinajstić information content (AvgIpc) is 2.34. The molecule has 96 valence electrons. The van der Waals surface area contributed by atoms with Gasteiger partial charge >= 0.3 is 5.97 Å². The third-order valence-electron chi connectivity index (χ3n) is 3.39. The Morgan fingerprint density at radius 1 is 1.50 bits per heavy atom. The third kappa shape index (κ3) is 1.84. The van der Waals surface area contributed by atoms with Gasteiger partial charge in [-0.25, -0.2) is 4.79 Å². The SMILES string of the molecule is COC(=O)c1cccc([N+](=O)[O-])c1C1(N)CCC1. The highest BCUT2D eigenvalue weighted by Gasteiger charge is 2.42. The second-order valence-corrected chi connectivity index (χ2v) is 4.46. The van der Waals surface area contributed by atoms with E-state index in [0.29, 0.717) is 18.4 Å².